The van der Waals surface area contributed by atoms with Crippen molar-refractivity contribution in [3.8, 4) is 5.75 Å². The van der Waals surface area contributed by atoms with Crippen LogP contribution in [0.1, 0.15) is 31.2 Å². The first-order valence-corrected chi connectivity index (χ1v) is 7.48. The third-order valence-electron chi connectivity index (χ3n) is 3.55. The Labute approximate surface area is 124 Å². The van der Waals surface area contributed by atoms with Gasteiger partial charge in [0.15, 0.2) is 6.61 Å². The average molecular weight is 297 g/mol. The van der Waals surface area contributed by atoms with Crippen LogP contribution in [0.15, 0.2) is 18.2 Å². The topological polar surface area (TPSA) is 64.3 Å². The molecule has 0 spiro atoms. The summed E-state index contributed by atoms with van der Waals surface area (Å²) in [6, 6.07) is 5.75. The average Bonchev–Trinajstić information content (AvgIpc) is 2.92. The second-order valence-electron chi connectivity index (χ2n) is 5.09. The highest BCUT2D eigenvalue weighted by Crippen LogP contribution is 2.26. The molecule has 2 rings (SSSR count). The molecule has 1 fully saturated rings. The largest absolute Gasteiger partial charge is 0.483 e. The number of nitrogens with two attached hydrogens (primary N) is 1. The molecule has 0 bridgehead atoms. The van der Waals surface area contributed by atoms with Crippen LogP contribution in [0, 0.1) is 0 Å². The van der Waals surface area contributed by atoms with E-state index in [0.29, 0.717) is 29.8 Å². The van der Waals surface area contributed by atoms with Gasteiger partial charge in [-0.15, -0.1) is 0 Å². The zero-order chi connectivity index (χ0) is 14.4. The molecule has 0 radical (unpaired) electrons. The Kier molecular flexibility index (Phi) is 5.68. The third kappa shape index (κ3) is 4.12. The summed E-state index contributed by atoms with van der Waals surface area (Å²) in [5.74, 6) is 0.570. The van der Waals surface area contributed by atoms with Gasteiger partial charge in [0.05, 0.1) is 0 Å². The number of carbonyl (C=O) groups is 1. The van der Waals surface area contributed by atoms with Gasteiger partial charge in [0.2, 0.25) is 0 Å². The fourth-order valence-electron chi connectivity index (χ4n) is 2.54. The van der Waals surface area contributed by atoms with Crippen LogP contribution in [-0.2, 0) is 11.2 Å². The van der Waals surface area contributed by atoms with Crippen LogP contribution in [0.25, 0.3) is 0 Å². The number of nitrogens with one attached hydrogen (secondary N) is 1. The van der Waals surface area contributed by atoms with E-state index >= 15 is 0 Å². The van der Waals surface area contributed by atoms with Crippen LogP contribution < -0.4 is 15.8 Å². The van der Waals surface area contributed by atoms with Crippen LogP contribution in [0.5, 0.6) is 5.75 Å². The standard InChI is InChI=1S/C15H21ClN2O2/c16-13-6-3-7-14(12(13)8-9-17)20-10-15(19)18-11-4-1-2-5-11/h3,6-7,11H,1-2,4-5,8-10,17H2,(H,18,19). The molecule has 1 saturated carbocycles. The minimum atomic E-state index is -0.0735. The van der Waals surface area contributed by atoms with Gasteiger partial charge in [-0.1, -0.05) is 30.5 Å². The van der Waals surface area contributed by atoms with Gasteiger partial charge in [0, 0.05) is 16.6 Å². The van der Waals surface area contributed by atoms with Crippen molar-refractivity contribution >= 4 is 17.5 Å². The lowest BCUT2D eigenvalue weighted by Crippen LogP contribution is -2.36. The highest BCUT2D eigenvalue weighted by molar-refractivity contribution is 6.31. The van der Waals surface area contributed by atoms with E-state index in [1.54, 1.807) is 6.07 Å². The molecular weight excluding hydrogens is 276 g/mol. The summed E-state index contributed by atoms with van der Waals surface area (Å²) >= 11 is 6.12. The van der Waals surface area contributed by atoms with Crippen LogP contribution in [0.4, 0.5) is 0 Å². The minimum Gasteiger partial charge on any atom is -0.483 e. The fourth-order valence-corrected chi connectivity index (χ4v) is 2.80. The first-order chi connectivity index (χ1) is 9.70. The van der Waals surface area contributed by atoms with E-state index < -0.39 is 0 Å². The van der Waals surface area contributed by atoms with Crippen molar-refractivity contribution in [3.05, 3.63) is 28.8 Å². The second-order valence-corrected chi connectivity index (χ2v) is 5.50. The lowest BCUT2D eigenvalue weighted by Gasteiger charge is -2.14. The van der Waals surface area contributed by atoms with E-state index in [1.165, 1.54) is 12.8 Å². The molecule has 0 saturated heterocycles. The van der Waals surface area contributed by atoms with Crippen molar-refractivity contribution in [3.63, 3.8) is 0 Å². The highest BCUT2D eigenvalue weighted by Gasteiger charge is 2.17. The van der Waals surface area contributed by atoms with Gasteiger partial charge in [0.25, 0.3) is 5.91 Å². The molecule has 5 heteroatoms. The molecule has 3 N–H and O–H groups in total. The number of hydrogen-bond donors (Lipinski definition) is 2. The van der Waals surface area contributed by atoms with E-state index in [1.807, 2.05) is 12.1 Å². The number of halogens is 1. The molecule has 4 nitrogen and oxygen atoms in total. The fraction of sp³-hybridized carbons (Fsp3) is 0.533. The van der Waals surface area contributed by atoms with Gasteiger partial charge < -0.3 is 15.8 Å². The van der Waals surface area contributed by atoms with Gasteiger partial charge in [0.1, 0.15) is 5.75 Å². The Morgan fingerprint density at radius 1 is 1.40 bits per heavy atom. The first kappa shape index (κ1) is 15.1. The number of amides is 1. The predicted octanol–water partition coefficient (Wildman–Crippen LogP) is 2.28. The quantitative estimate of drug-likeness (QED) is 0.846. The number of rotatable bonds is 6. The van der Waals surface area contributed by atoms with E-state index in [9.17, 15) is 4.79 Å². The number of carbonyl (C=O) groups excluding carboxylic acids is 1. The Hall–Kier alpha value is -1.26. The first-order valence-electron chi connectivity index (χ1n) is 7.10. The summed E-state index contributed by atoms with van der Waals surface area (Å²) in [5.41, 5.74) is 6.44. The molecule has 0 unspecified atom stereocenters. The number of benzene rings is 1. The Morgan fingerprint density at radius 3 is 2.85 bits per heavy atom. The molecular formula is C15H21ClN2O2. The van der Waals surface area contributed by atoms with Crippen molar-refractivity contribution in [1.82, 2.24) is 5.32 Å². The molecule has 1 aliphatic carbocycles. The Balaban J connectivity index is 1.89. The molecule has 1 aromatic carbocycles. The Morgan fingerprint density at radius 2 is 2.15 bits per heavy atom. The lowest BCUT2D eigenvalue weighted by molar-refractivity contribution is -0.123. The van der Waals surface area contributed by atoms with Crippen molar-refractivity contribution < 1.29 is 9.53 Å². The molecule has 0 atom stereocenters. The van der Waals surface area contributed by atoms with Crippen molar-refractivity contribution in [2.45, 2.75) is 38.1 Å². The lowest BCUT2D eigenvalue weighted by atomic mass is 10.1. The van der Waals surface area contributed by atoms with Crippen LogP contribution >= 0.6 is 11.6 Å². The summed E-state index contributed by atoms with van der Waals surface area (Å²) in [6.07, 6.45) is 5.17. The van der Waals surface area contributed by atoms with Crippen LogP contribution in [0.2, 0.25) is 5.02 Å². The molecule has 110 valence electrons. The van der Waals surface area contributed by atoms with Gasteiger partial charge in [-0.3, -0.25) is 4.79 Å². The molecule has 0 aliphatic heterocycles. The van der Waals surface area contributed by atoms with Crippen molar-refractivity contribution in [2.75, 3.05) is 13.2 Å². The number of ether oxygens (including phenoxy) is 1. The maximum absolute atomic E-state index is 11.8. The number of hydrogen-bond acceptors (Lipinski definition) is 3. The molecule has 0 aromatic heterocycles. The summed E-state index contributed by atoms with van der Waals surface area (Å²) in [5, 5.41) is 3.62. The van der Waals surface area contributed by atoms with Crippen molar-refractivity contribution in [1.29, 1.82) is 0 Å². The zero-order valence-electron chi connectivity index (χ0n) is 11.5. The van der Waals surface area contributed by atoms with Crippen LogP contribution in [-0.4, -0.2) is 25.1 Å². The van der Waals surface area contributed by atoms with E-state index in [2.05, 4.69) is 5.32 Å². The van der Waals surface area contributed by atoms with Gasteiger partial charge in [-0.05, 0) is 37.9 Å². The van der Waals surface area contributed by atoms with Crippen LogP contribution in [0.3, 0.4) is 0 Å². The third-order valence-corrected chi connectivity index (χ3v) is 3.90. The minimum absolute atomic E-state index is 0.0222. The van der Waals surface area contributed by atoms with Gasteiger partial charge >= 0.3 is 0 Å². The van der Waals surface area contributed by atoms with E-state index in [4.69, 9.17) is 22.1 Å². The molecule has 1 aliphatic rings. The SMILES string of the molecule is NCCc1c(Cl)cccc1OCC(=O)NC1CCCC1. The second kappa shape index (κ2) is 7.50. The van der Waals surface area contributed by atoms with Gasteiger partial charge in [-0.2, -0.15) is 0 Å². The molecule has 0 heterocycles. The van der Waals surface area contributed by atoms with E-state index in [-0.39, 0.29) is 12.5 Å². The maximum atomic E-state index is 11.8. The smallest absolute Gasteiger partial charge is 0.258 e. The monoisotopic (exact) mass is 296 g/mol. The normalized spacial score (nSPS) is 15.3. The predicted molar refractivity (Wildman–Crippen MR) is 80.1 cm³/mol. The summed E-state index contributed by atoms with van der Waals surface area (Å²) < 4.78 is 5.59. The Bertz CT molecular complexity index is 459. The van der Waals surface area contributed by atoms with Gasteiger partial charge in [-0.25, -0.2) is 0 Å². The summed E-state index contributed by atoms with van der Waals surface area (Å²) in [4.78, 5) is 11.8. The molecule has 20 heavy (non-hydrogen) atoms. The maximum Gasteiger partial charge on any atom is 0.258 e. The molecule has 1 amide bonds. The van der Waals surface area contributed by atoms with Crippen molar-refractivity contribution in [2.24, 2.45) is 5.73 Å². The summed E-state index contributed by atoms with van der Waals surface area (Å²) in [7, 11) is 0. The van der Waals surface area contributed by atoms with E-state index in [0.717, 1.165) is 18.4 Å². The highest BCUT2D eigenvalue weighted by atomic mass is 35.5. The zero-order valence-corrected chi connectivity index (χ0v) is 12.3. The summed E-state index contributed by atoms with van der Waals surface area (Å²) in [6.45, 7) is 0.517. The molecule has 1 aromatic rings.